The van der Waals surface area contributed by atoms with Crippen molar-refractivity contribution >= 4 is 5.91 Å². The van der Waals surface area contributed by atoms with Gasteiger partial charge in [0, 0.05) is 19.7 Å². The van der Waals surface area contributed by atoms with Crippen LogP contribution in [0.5, 0.6) is 0 Å². The molecule has 24 heavy (non-hydrogen) atoms. The Kier molecular flexibility index (Phi) is 5.35. The molecular weight excluding hydrogens is 306 g/mol. The molecule has 130 valence electrons. The van der Waals surface area contributed by atoms with Gasteiger partial charge in [-0.1, -0.05) is 12.1 Å². The first kappa shape index (κ1) is 16.8. The van der Waals surface area contributed by atoms with Gasteiger partial charge in [0.05, 0.1) is 31.0 Å². The predicted molar refractivity (Wildman–Crippen MR) is 89.1 cm³/mol. The number of rotatable bonds is 6. The molecule has 1 saturated heterocycles. The van der Waals surface area contributed by atoms with Gasteiger partial charge >= 0.3 is 0 Å². The molecule has 1 atom stereocenters. The topological polar surface area (TPSA) is 62.7 Å². The largest absolute Gasteiger partial charge is 0.468 e. The Labute approximate surface area is 142 Å². The summed E-state index contributed by atoms with van der Waals surface area (Å²) in [5.41, 5.74) is 0.924. The Morgan fingerprint density at radius 3 is 3.04 bits per heavy atom. The van der Waals surface area contributed by atoms with Crippen molar-refractivity contribution in [2.75, 3.05) is 20.1 Å². The Hall–Kier alpha value is -2.08. The fourth-order valence-corrected chi connectivity index (χ4v) is 3.24. The molecule has 0 bridgehead atoms. The standard InChI is InChI=1S/C18H25N3O3/c1-3-15-10-17(24-19-15)12-20(2)18(22)14-6-4-8-21(11-14)13-16-7-5-9-23-16/h5,7,9-10,14H,3-4,6,8,11-13H2,1-2H3/t14-/m1/s1. The maximum atomic E-state index is 12.7. The van der Waals surface area contributed by atoms with E-state index in [2.05, 4.69) is 10.1 Å². The first-order chi connectivity index (χ1) is 11.7. The lowest BCUT2D eigenvalue weighted by Crippen LogP contribution is -2.43. The summed E-state index contributed by atoms with van der Waals surface area (Å²) in [6, 6.07) is 5.80. The summed E-state index contributed by atoms with van der Waals surface area (Å²) in [5, 5.41) is 3.98. The van der Waals surface area contributed by atoms with Gasteiger partial charge in [-0.05, 0) is 37.9 Å². The summed E-state index contributed by atoms with van der Waals surface area (Å²) in [4.78, 5) is 16.8. The van der Waals surface area contributed by atoms with Gasteiger partial charge in [-0.3, -0.25) is 9.69 Å². The average Bonchev–Trinajstić information content (AvgIpc) is 3.26. The van der Waals surface area contributed by atoms with E-state index in [4.69, 9.17) is 8.94 Å². The van der Waals surface area contributed by atoms with Crippen LogP contribution in [0.25, 0.3) is 0 Å². The number of piperidine rings is 1. The molecule has 1 fully saturated rings. The van der Waals surface area contributed by atoms with Crippen LogP contribution in [0.15, 0.2) is 33.4 Å². The van der Waals surface area contributed by atoms with Crippen molar-refractivity contribution in [3.05, 3.63) is 41.7 Å². The van der Waals surface area contributed by atoms with Crippen LogP contribution >= 0.6 is 0 Å². The second-order valence-electron chi connectivity index (χ2n) is 6.49. The fourth-order valence-electron chi connectivity index (χ4n) is 3.24. The van der Waals surface area contributed by atoms with Crippen molar-refractivity contribution in [3.63, 3.8) is 0 Å². The molecular formula is C18H25N3O3. The quantitative estimate of drug-likeness (QED) is 0.814. The summed E-state index contributed by atoms with van der Waals surface area (Å²) in [6.07, 6.45) is 4.50. The molecule has 1 aliphatic rings. The number of aryl methyl sites for hydroxylation is 1. The Morgan fingerprint density at radius 2 is 2.33 bits per heavy atom. The highest BCUT2D eigenvalue weighted by Crippen LogP contribution is 2.21. The molecule has 0 radical (unpaired) electrons. The van der Waals surface area contributed by atoms with Gasteiger partial charge in [-0.15, -0.1) is 0 Å². The normalized spacial score (nSPS) is 18.7. The van der Waals surface area contributed by atoms with E-state index in [1.54, 1.807) is 11.2 Å². The van der Waals surface area contributed by atoms with Gasteiger partial charge in [-0.25, -0.2) is 0 Å². The van der Waals surface area contributed by atoms with Crippen LogP contribution in [0.2, 0.25) is 0 Å². The predicted octanol–water partition coefficient (Wildman–Crippen LogP) is 2.70. The fraction of sp³-hybridized carbons (Fsp3) is 0.556. The molecule has 2 aromatic heterocycles. The minimum atomic E-state index is 0.0345. The molecule has 2 aromatic rings. The molecule has 1 aliphatic heterocycles. The zero-order valence-corrected chi connectivity index (χ0v) is 14.4. The molecule has 0 unspecified atom stereocenters. The highest BCUT2D eigenvalue weighted by atomic mass is 16.5. The Morgan fingerprint density at radius 1 is 1.46 bits per heavy atom. The molecule has 0 aliphatic carbocycles. The van der Waals surface area contributed by atoms with Crippen molar-refractivity contribution in [2.45, 2.75) is 39.3 Å². The lowest BCUT2D eigenvalue weighted by molar-refractivity contribution is -0.137. The zero-order valence-electron chi connectivity index (χ0n) is 14.4. The lowest BCUT2D eigenvalue weighted by atomic mass is 9.96. The van der Waals surface area contributed by atoms with Gasteiger partial charge in [0.15, 0.2) is 5.76 Å². The van der Waals surface area contributed by atoms with Gasteiger partial charge in [0.1, 0.15) is 5.76 Å². The van der Waals surface area contributed by atoms with Crippen LogP contribution < -0.4 is 0 Å². The van der Waals surface area contributed by atoms with Crippen molar-refractivity contribution in [1.29, 1.82) is 0 Å². The maximum Gasteiger partial charge on any atom is 0.227 e. The third-order valence-electron chi connectivity index (χ3n) is 4.55. The maximum absolute atomic E-state index is 12.7. The van der Waals surface area contributed by atoms with Gasteiger partial charge in [-0.2, -0.15) is 0 Å². The van der Waals surface area contributed by atoms with E-state index in [-0.39, 0.29) is 11.8 Å². The number of aromatic nitrogens is 1. The van der Waals surface area contributed by atoms with E-state index in [1.807, 2.05) is 32.2 Å². The van der Waals surface area contributed by atoms with Crippen LogP contribution in [0.1, 0.15) is 37.0 Å². The summed E-state index contributed by atoms with van der Waals surface area (Å²) in [5.74, 6) is 1.90. The second kappa shape index (κ2) is 7.66. The monoisotopic (exact) mass is 331 g/mol. The van der Waals surface area contributed by atoms with Crippen LogP contribution in [-0.4, -0.2) is 41.0 Å². The third-order valence-corrected chi connectivity index (χ3v) is 4.55. The summed E-state index contributed by atoms with van der Waals surface area (Å²) in [7, 11) is 1.84. The molecule has 0 aromatic carbocycles. The van der Waals surface area contributed by atoms with E-state index in [1.165, 1.54) is 0 Å². The molecule has 0 spiro atoms. The molecule has 6 heteroatoms. The average molecular weight is 331 g/mol. The summed E-state index contributed by atoms with van der Waals surface area (Å²) >= 11 is 0. The first-order valence-corrected chi connectivity index (χ1v) is 8.60. The molecule has 0 N–H and O–H groups in total. The van der Waals surface area contributed by atoms with E-state index < -0.39 is 0 Å². The van der Waals surface area contributed by atoms with Crippen molar-refractivity contribution in [2.24, 2.45) is 5.92 Å². The number of likely N-dealkylation sites (tertiary alicyclic amines) is 1. The van der Waals surface area contributed by atoms with Gasteiger partial charge < -0.3 is 13.8 Å². The number of hydrogen-bond donors (Lipinski definition) is 0. The SMILES string of the molecule is CCc1cc(CN(C)C(=O)[C@@H]2CCCN(Cc3ccco3)C2)on1. The zero-order chi connectivity index (χ0) is 16.9. The Bertz CT molecular complexity index is 650. The molecule has 6 nitrogen and oxygen atoms in total. The number of furan rings is 1. The van der Waals surface area contributed by atoms with Gasteiger partial charge in [0.2, 0.25) is 5.91 Å². The van der Waals surface area contributed by atoms with Crippen molar-refractivity contribution in [3.8, 4) is 0 Å². The van der Waals surface area contributed by atoms with Crippen LogP contribution in [0.3, 0.4) is 0 Å². The van der Waals surface area contributed by atoms with Crippen molar-refractivity contribution < 1.29 is 13.7 Å². The van der Waals surface area contributed by atoms with E-state index >= 15 is 0 Å². The highest BCUT2D eigenvalue weighted by molar-refractivity contribution is 5.78. The van der Waals surface area contributed by atoms with Crippen LogP contribution in [-0.2, 0) is 24.3 Å². The highest BCUT2D eigenvalue weighted by Gasteiger charge is 2.28. The number of carbonyl (C=O) groups is 1. The molecule has 3 heterocycles. The number of hydrogen-bond acceptors (Lipinski definition) is 5. The van der Waals surface area contributed by atoms with Gasteiger partial charge in [0.25, 0.3) is 0 Å². The molecule has 0 saturated carbocycles. The van der Waals surface area contributed by atoms with E-state index in [0.29, 0.717) is 6.54 Å². The Balaban J connectivity index is 1.54. The van der Waals surface area contributed by atoms with Crippen molar-refractivity contribution in [1.82, 2.24) is 15.0 Å². The number of carbonyl (C=O) groups excluding carboxylic acids is 1. The minimum Gasteiger partial charge on any atom is -0.468 e. The second-order valence-corrected chi connectivity index (χ2v) is 6.49. The van der Waals surface area contributed by atoms with E-state index in [9.17, 15) is 4.79 Å². The molecule has 1 amide bonds. The molecule has 3 rings (SSSR count). The summed E-state index contributed by atoms with van der Waals surface area (Å²) < 4.78 is 10.7. The van der Waals surface area contributed by atoms with E-state index in [0.717, 1.165) is 56.1 Å². The number of amides is 1. The third kappa shape index (κ3) is 4.06. The summed E-state index contributed by atoms with van der Waals surface area (Å²) in [6.45, 7) is 5.06. The number of nitrogens with zero attached hydrogens (tertiary/aromatic N) is 3. The minimum absolute atomic E-state index is 0.0345. The van der Waals surface area contributed by atoms with Crippen LogP contribution in [0.4, 0.5) is 0 Å². The lowest BCUT2D eigenvalue weighted by Gasteiger charge is -2.33. The van der Waals surface area contributed by atoms with Crippen LogP contribution in [0, 0.1) is 5.92 Å². The first-order valence-electron chi connectivity index (χ1n) is 8.60. The smallest absolute Gasteiger partial charge is 0.227 e.